The topological polar surface area (TPSA) is 54.4 Å². The summed E-state index contributed by atoms with van der Waals surface area (Å²) in [6, 6.07) is 0. The molecule has 0 radical (unpaired) electrons. The first-order chi connectivity index (χ1) is 7.39. The minimum atomic E-state index is -1.07. The number of carbonyl (C=O) groups excluding carboxylic acids is 1. The molecule has 0 aromatic carbocycles. The van der Waals surface area contributed by atoms with Gasteiger partial charge in [-0.1, -0.05) is 25.2 Å². The Morgan fingerprint density at radius 1 is 1.50 bits per heavy atom. The molecule has 0 saturated carbocycles. The Kier molecular flexibility index (Phi) is 5.72. The number of allylic oxidation sites excluding steroid dienone is 3. The zero-order valence-electron chi connectivity index (χ0n) is 10.2. The van der Waals surface area contributed by atoms with Gasteiger partial charge in [0.05, 0.1) is 0 Å². The van der Waals surface area contributed by atoms with Crippen LogP contribution in [0.2, 0.25) is 0 Å². The summed E-state index contributed by atoms with van der Waals surface area (Å²) < 4.78 is 0. The molecule has 0 aliphatic rings. The van der Waals surface area contributed by atoms with Crippen molar-refractivity contribution in [1.82, 2.24) is 0 Å². The molecule has 0 heterocycles. The van der Waals surface area contributed by atoms with E-state index in [1.54, 1.807) is 13.0 Å². The van der Waals surface area contributed by atoms with Crippen molar-refractivity contribution < 1.29 is 14.7 Å². The van der Waals surface area contributed by atoms with Gasteiger partial charge in [0, 0.05) is 5.41 Å². The molecule has 1 N–H and O–H groups in total. The highest BCUT2D eigenvalue weighted by atomic mass is 16.4. The van der Waals surface area contributed by atoms with E-state index >= 15 is 0 Å². The lowest BCUT2D eigenvalue weighted by atomic mass is 9.72. The number of carboxylic acids is 1. The van der Waals surface area contributed by atoms with Gasteiger partial charge in [0.2, 0.25) is 0 Å². The highest BCUT2D eigenvalue weighted by molar-refractivity contribution is 5.98. The van der Waals surface area contributed by atoms with Gasteiger partial charge in [-0.25, -0.2) is 0 Å². The summed E-state index contributed by atoms with van der Waals surface area (Å²) in [5.41, 5.74) is -0.683. The van der Waals surface area contributed by atoms with Crippen LogP contribution < -0.4 is 0 Å². The molecule has 0 saturated heterocycles. The van der Waals surface area contributed by atoms with Gasteiger partial charge in [0.1, 0.15) is 11.7 Å². The Hall–Kier alpha value is -1.38. The molecule has 0 fully saturated rings. The molecule has 0 amide bonds. The lowest BCUT2D eigenvalue weighted by Gasteiger charge is -2.30. The second kappa shape index (κ2) is 6.26. The van der Waals surface area contributed by atoms with Crippen molar-refractivity contribution in [3.63, 3.8) is 0 Å². The van der Waals surface area contributed by atoms with Gasteiger partial charge in [0.15, 0.2) is 0 Å². The predicted molar refractivity (Wildman–Crippen MR) is 64.2 cm³/mol. The molecule has 0 aromatic heterocycles. The van der Waals surface area contributed by atoms with Gasteiger partial charge in [-0.2, -0.15) is 0 Å². The van der Waals surface area contributed by atoms with E-state index in [2.05, 4.69) is 6.58 Å². The van der Waals surface area contributed by atoms with E-state index in [0.717, 1.165) is 6.42 Å². The summed E-state index contributed by atoms with van der Waals surface area (Å²) >= 11 is 0. The maximum absolute atomic E-state index is 11.4. The number of carbonyl (C=O) groups is 2. The Bertz CT molecular complexity index is 290. The highest BCUT2D eigenvalue weighted by Crippen LogP contribution is 2.35. The van der Waals surface area contributed by atoms with E-state index in [1.807, 2.05) is 19.1 Å². The van der Waals surface area contributed by atoms with Crippen molar-refractivity contribution in [3.8, 4) is 0 Å². The average molecular weight is 224 g/mol. The van der Waals surface area contributed by atoms with Crippen LogP contribution in [-0.2, 0) is 9.59 Å². The Balaban J connectivity index is 4.95. The highest BCUT2D eigenvalue weighted by Gasteiger charge is 2.39. The van der Waals surface area contributed by atoms with Crippen molar-refractivity contribution in [3.05, 3.63) is 24.8 Å². The standard InChI is InChI=1S/C13H20O3/c1-5-7-8-9-13(4,6-2)11(10(3)14)12(15)16/h5-7,11H,2,8-9H2,1,3-4H3,(H,15,16)/b7-5+. The monoisotopic (exact) mass is 224 g/mol. The summed E-state index contributed by atoms with van der Waals surface area (Å²) in [4.78, 5) is 22.5. The summed E-state index contributed by atoms with van der Waals surface area (Å²) in [5.74, 6) is -2.40. The van der Waals surface area contributed by atoms with Crippen LogP contribution in [0.1, 0.15) is 33.6 Å². The molecule has 0 aliphatic heterocycles. The van der Waals surface area contributed by atoms with E-state index < -0.39 is 17.3 Å². The smallest absolute Gasteiger partial charge is 0.314 e. The van der Waals surface area contributed by atoms with Crippen LogP contribution in [0.15, 0.2) is 24.8 Å². The average Bonchev–Trinajstić information content (AvgIpc) is 2.17. The first-order valence-electron chi connectivity index (χ1n) is 5.37. The van der Waals surface area contributed by atoms with E-state index in [0.29, 0.717) is 6.42 Å². The van der Waals surface area contributed by atoms with E-state index in [4.69, 9.17) is 5.11 Å². The Morgan fingerprint density at radius 2 is 2.06 bits per heavy atom. The maximum atomic E-state index is 11.4. The summed E-state index contributed by atoms with van der Waals surface area (Å²) in [6.07, 6.45) is 6.80. The van der Waals surface area contributed by atoms with E-state index in [-0.39, 0.29) is 5.78 Å². The van der Waals surface area contributed by atoms with Gasteiger partial charge < -0.3 is 5.11 Å². The number of carboxylic acid groups (broad SMARTS) is 1. The summed E-state index contributed by atoms with van der Waals surface area (Å²) in [7, 11) is 0. The fourth-order valence-electron chi connectivity index (χ4n) is 1.85. The van der Waals surface area contributed by atoms with Gasteiger partial charge in [-0.15, -0.1) is 6.58 Å². The SMILES string of the molecule is C=CC(C)(CC/C=C/C)C(C(C)=O)C(=O)O. The zero-order chi connectivity index (χ0) is 12.8. The van der Waals surface area contributed by atoms with Gasteiger partial charge in [-0.3, -0.25) is 9.59 Å². The van der Waals surface area contributed by atoms with Gasteiger partial charge in [0.25, 0.3) is 0 Å². The molecule has 16 heavy (non-hydrogen) atoms. The molecule has 90 valence electrons. The van der Waals surface area contributed by atoms with E-state index in [1.165, 1.54) is 6.92 Å². The second-order valence-corrected chi connectivity index (χ2v) is 4.20. The quantitative estimate of drug-likeness (QED) is 0.534. The third kappa shape index (κ3) is 3.65. The molecule has 3 heteroatoms. The van der Waals surface area contributed by atoms with Crippen LogP contribution >= 0.6 is 0 Å². The fourth-order valence-corrected chi connectivity index (χ4v) is 1.85. The second-order valence-electron chi connectivity index (χ2n) is 4.20. The zero-order valence-corrected chi connectivity index (χ0v) is 10.2. The fraction of sp³-hybridized carbons (Fsp3) is 0.538. The number of aliphatic carboxylic acids is 1. The number of hydrogen-bond acceptors (Lipinski definition) is 2. The minimum absolute atomic E-state index is 0.324. The van der Waals surface area contributed by atoms with Crippen molar-refractivity contribution in [1.29, 1.82) is 0 Å². The number of rotatable bonds is 7. The molecule has 2 unspecified atom stereocenters. The molecule has 0 aliphatic carbocycles. The van der Waals surface area contributed by atoms with E-state index in [9.17, 15) is 9.59 Å². The van der Waals surface area contributed by atoms with Crippen LogP contribution in [0, 0.1) is 11.3 Å². The molecule has 0 aromatic rings. The maximum Gasteiger partial charge on any atom is 0.314 e. The van der Waals surface area contributed by atoms with Crippen LogP contribution in [0.5, 0.6) is 0 Å². The molecule has 3 nitrogen and oxygen atoms in total. The van der Waals surface area contributed by atoms with Crippen LogP contribution in [0.3, 0.4) is 0 Å². The lowest BCUT2D eigenvalue weighted by Crippen LogP contribution is -2.36. The van der Waals surface area contributed by atoms with Crippen molar-refractivity contribution in [2.75, 3.05) is 0 Å². The van der Waals surface area contributed by atoms with Crippen LogP contribution in [0.25, 0.3) is 0 Å². The molecule has 2 atom stereocenters. The number of Topliss-reactive ketones (excluding diaryl/α,β-unsaturated/α-hetero) is 1. The minimum Gasteiger partial charge on any atom is -0.481 e. The van der Waals surface area contributed by atoms with Crippen LogP contribution in [-0.4, -0.2) is 16.9 Å². The van der Waals surface area contributed by atoms with Crippen molar-refractivity contribution in [2.24, 2.45) is 11.3 Å². The van der Waals surface area contributed by atoms with Gasteiger partial charge >= 0.3 is 5.97 Å². The molecule has 0 bridgehead atoms. The molecule has 0 spiro atoms. The molecular formula is C13H20O3. The van der Waals surface area contributed by atoms with Crippen LogP contribution in [0.4, 0.5) is 0 Å². The first-order valence-corrected chi connectivity index (χ1v) is 5.37. The van der Waals surface area contributed by atoms with Gasteiger partial charge in [-0.05, 0) is 26.7 Å². The summed E-state index contributed by atoms with van der Waals surface area (Å²) in [5, 5.41) is 9.08. The largest absolute Gasteiger partial charge is 0.481 e. The molecular weight excluding hydrogens is 204 g/mol. The van der Waals surface area contributed by atoms with Crippen molar-refractivity contribution >= 4 is 11.8 Å². The predicted octanol–water partition coefficient (Wildman–Crippen LogP) is 2.82. The normalized spacial score (nSPS) is 16.7. The molecule has 0 rings (SSSR count). The Labute approximate surface area is 96.9 Å². The third-order valence-electron chi connectivity index (χ3n) is 2.86. The summed E-state index contributed by atoms with van der Waals surface area (Å²) in [6.45, 7) is 8.65. The first kappa shape index (κ1) is 14.6. The lowest BCUT2D eigenvalue weighted by molar-refractivity contribution is -0.149. The number of ketones is 1. The third-order valence-corrected chi connectivity index (χ3v) is 2.86. The Morgan fingerprint density at radius 3 is 2.38 bits per heavy atom. The van der Waals surface area contributed by atoms with Crippen molar-refractivity contribution in [2.45, 2.75) is 33.6 Å². The number of hydrogen-bond donors (Lipinski definition) is 1.